The van der Waals surface area contributed by atoms with Crippen molar-refractivity contribution in [1.82, 2.24) is 61.7 Å². The fraction of sp³-hybridized carbons (Fsp3) is 0.541. The molecule has 0 aromatic heterocycles. The van der Waals surface area contributed by atoms with Gasteiger partial charge >= 0.3 is 187 Å². The third kappa shape index (κ3) is 25.3. The van der Waals surface area contributed by atoms with Crippen LogP contribution in [0, 0.1) is 5.41 Å². The first-order valence-electron chi connectivity index (χ1n) is 31.2. The number of carbonyl (C=O) groups is 11. The van der Waals surface area contributed by atoms with Gasteiger partial charge < -0.3 is 57.1 Å². The molecule has 4 heterocycles. The first kappa shape index (κ1) is 72.2. The van der Waals surface area contributed by atoms with Crippen LogP contribution in [0.15, 0.2) is 66.7 Å². The van der Waals surface area contributed by atoms with Gasteiger partial charge in [0.05, 0.1) is 32.1 Å². The molecule has 0 spiro atoms. The Labute approximate surface area is 544 Å². The van der Waals surface area contributed by atoms with E-state index in [1.807, 2.05) is 62.1 Å². The van der Waals surface area contributed by atoms with E-state index in [0.717, 1.165) is 15.7 Å². The summed E-state index contributed by atoms with van der Waals surface area (Å²) >= 11 is -4.00. The summed E-state index contributed by atoms with van der Waals surface area (Å²) in [5.74, 6) is -7.03. The van der Waals surface area contributed by atoms with Crippen LogP contribution in [0.5, 0.6) is 5.75 Å². The molecule has 6 atom stereocenters. The van der Waals surface area contributed by atoms with E-state index in [1.54, 1.807) is 12.1 Å². The Bertz CT molecular complexity index is 3070. The summed E-state index contributed by atoms with van der Waals surface area (Å²) in [7, 11) is 1.38. The SMILES string of the molecule is CN1C(=O)[C@@H](Cc2ccc(O)cc2)NC(=O)CNC(=O)[C@H](Cc2ccc3ccccc3c2)NC(=O)[C@H](CCCCC(=N)N)NC(=O)[C@H]1CCCNC(=O)CNC(=O)COCCOCCNC(=O)CN1CCN2CCN3CCN(CC1)CC(=O)[O][Ga]([O]C(=O)C2)[O]C(=O)C3. The molecule has 3 aromatic carbocycles. The van der Waals surface area contributed by atoms with Gasteiger partial charge in [-0.3, -0.25) is 39.0 Å². The number of hydrogen-bond donors (Lipinski definition) is 10. The summed E-state index contributed by atoms with van der Waals surface area (Å²) < 4.78 is 27.2. The fourth-order valence-electron chi connectivity index (χ4n) is 10.8. The topological polar surface area (TPSA) is 404 Å². The number of phenols is 1. The van der Waals surface area contributed by atoms with Gasteiger partial charge in [0.15, 0.2) is 0 Å². The predicted molar refractivity (Wildman–Crippen MR) is 335 cm³/mol. The Morgan fingerprint density at radius 2 is 1.22 bits per heavy atom. The van der Waals surface area contributed by atoms with E-state index in [0.29, 0.717) is 76.3 Å². The van der Waals surface area contributed by atoms with E-state index in [2.05, 4.69) is 37.2 Å². The van der Waals surface area contributed by atoms with Crippen LogP contribution < -0.4 is 43.0 Å². The van der Waals surface area contributed by atoms with Gasteiger partial charge in [-0.25, -0.2) is 0 Å². The zero-order chi connectivity index (χ0) is 66.7. The van der Waals surface area contributed by atoms with Gasteiger partial charge in [-0.15, -0.1) is 0 Å². The molecule has 4 saturated heterocycles. The van der Waals surface area contributed by atoms with Crippen LogP contribution in [0.4, 0.5) is 0 Å². The number of unbranched alkanes of at least 4 members (excludes halogenated alkanes) is 1. The van der Waals surface area contributed by atoms with Crippen molar-refractivity contribution in [2.24, 2.45) is 5.73 Å². The molecule has 31 nitrogen and oxygen atoms in total. The Kier molecular flexibility index (Phi) is 29.1. The summed E-state index contributed by atoms with van der Waals surface area (Å²) in [6, 6.07) is 14.2. The second-order valence-corrected chi connectivity index (χ2v) is 25.8. The number of amides is 8. The fourth-order valence-corrected chi connectivity index (χ4v) is 12.9. The van der Waals surface area contributed by atoms with Crippen molar-refractivity contribution in [3.05, 3.63) is 77.9 Å². The van der Waals surface area contributed by atoms with Crippen molar-refractivity contribution in [1.29, 1.82) is 5.41 Å². The van der Waals surface area contributed by atoms with Crippen LogP contribution in [0.25, 0.3) is 10.8 Å². The number of rotatable bonds is 25. The molecule has 4 bridgehead atoms. The van der Waals surface area contributed by atoms with Crippen LogP contribution in [0.3, 0.4) is 0 Å². The molecule has 2 unspecified atom stereocenters. The van der Waals surface area contributed by atoms with Crippen LogP contribution in [0.1, 0.15) is 49.7 Å². The number of nitrogens with one attached hydrogen (secondary N) is 8. The van der Waals surface area contributed by atoms with Crippen molar-refractivity contribution < 1.29 is 77.9 Å². The molecule has 3 aromatic rings. The van der Waals surface area contributed by atoms with Gasteiger partial charge in [0, 0.05) is 32.9 Å². The van der Waals surface area contributed by atoms with Gasteiger partial charge in [0.1, 0.15) is 36.5 Å². The van der Waals surface area contributed by atoms with E-state index in [-0.39, 0.29) is 115 Å². The van der Waals surface area contributed by atoms with Gasteiger partial charge in [-0.2, -0.15) is 0 Å². The minimum absolute atomic E-state index is 0.0109. The number of aromatic hydroxyl groups is 1. The molecule has 0 radical (unpaired) electrons. The number of carbonyl (C=O) groups excluding carboxylic acids is 11. The van der Waals surface area contributed by atoms with Crippen molar-refractivity contribution in [3.63, 3.8) is 0 Å². The van der Waals surface area contributed by atoms with E-state index < -0.39 is 120 Å². The maximum absolute atomic E-state index is 14.6. The summed E-state index contributed by atoms with van der Waals surface area (Å²) in [5.41, 5.74) is 6.87. The van der Waals surface area contributed by atoms with Crippen molar-refractivity contribution in [2.75, 3.05) is 138 Å². The first-order valence-corrected chi connectivity index (χ1v) is 34.2. The standard InChI is InChI=1S/C61H88N14O17.Ga/c1-71-49(10-6-18-64-51(77)34-66-54(80)40-92-30-29-91-28-19-65-53(79)36-72-20-22-73(37-55(81)82)24-26-75(39-57(85)86)27-25-74(23-21-72)38-56(83)84)60(89)69-46(9-4-5-11-50(62)63)59(88)70-47(33-42-12-15-43-7-2-3-8-44(43)31-42)58(87)67-35-52(78)68-48(61(71)90)32-41-13-16-45(76)17-14-41;/h2-3,7-8,12-17,31,46-49,76H,4-6,9-11,18-30,32-40H2,1H3,(H3,62,63)(H,64,77)(H,65,79)(H,66,80)(H,67,87)(H,68,78)(H,69,89)(H,70,88)(H,81,82)(H,83,84)(H,85,86);/q;+3/p-3/t46-,47-,48+,49+;/m0./s1. The maximum atomic E-state index is 14.6. The van der Waals surface area contributed by atoms with Crippen LogP contribution in [0.2, 0.25) is 0 Å². The molecule has 32 heteroatoms. The number of ether oxygens (including phenoxy) is 2. The molecule has 4 aliphatic rings. The average molecular weight is 1360 g/mol. The molecule has 504 valence electrons. The molecular formula is C61H85GaN14O17. The molecular weight excluding hydrogens is 1270 g/mol. The molecule has 93 heavy (non-hydrogen) atoms. The van der Waals surface area contributed by atoms with Crippen molar-refractivity contribution >= 4 is 99.1 Å². The van der Waals surface area contributed by atoms with Crippen molar-refractivity contribution in [3.8, 4) is 5.75 Å². The molecule has 0 aliphatic carbocycles. The quantitative estimate of drug-likeness (QED) is 0.0169. The number of fused-ring (bicyclic) bond motifs is 8. The van der Waals surface area contributed by atoms with Crippen LogP contribution in [-0.4, -0.2) is 280 Å². The molecule has 4 fully saturated rings. The second-order valence-electron chi connectivity index (χ2n) is 23.1. The zero-order valence-electron chi connectivity index (χ0n) is 52.3. The molecule has 4 aliphatic heterocycles. The Morgan fingerprint density at radius 3 is 1.87 bits per heavy atom. The number of hydrogen-bond acceptors (Lipinski definition) is 22. The number of benzene rings is 3. The molecule has 0 saturated carbocycles. The predicted octanol–water partition coefficient (Wildman–Crippen LogP) is -3.74. The summed E-state index contributed by atoms with van der Waals surface area (Å²) in [6.45, 7) is 2.28. The van der Waals surface area contributed by atoms with Gasteiger partial charge in [0.2, 0.25) is 41.4 Å². The van der Waals surface area contributed by atoms with Gasteiger partial charge in [-0.05, 0) is 59.7 Å². The third-order valence-electron chi connectivity index (χ3n) is 15.9. The number of nitrogens with two attached hydrogens (primary N) is 1. The van der Waals surface area contributed by atoms with Crippen LogP contribution >= 0.6 is 0 Å². The summed E-state index contributed by atoms with van der Waals surface area (Å²) in [6.07, 6.45) is 1.01. The van der Waals surface area contributed by atoms with E-state index >= 15 is 0 Å². The molecule has 7 rings (SSSR count). The molecule has 8 amide bonds. The first-order chi connectivity index (χ1) is 44.7. The number of nitrogens with zero attached hydrogens (tertiary/aromatic N) is 5. The normalized spacial score (nSPS) is 22.5. The Hall–Kier alpha value is -8.24. The van der Waals surface area contributed by atoms with Crippen molar-refractivity contribution in [2.45, 2.75) is 75.5 Å². The number of likely N-dealkylation sites (N-methyl/N-ethyl adjacent to an activating group) is 1. The monoisotopic (exact) mass is 1350 g/mol. The van der Waals surface area contributed by atoms with E-state index in [4.69, 9.17) is 31.2 Å². The summed E-state index contributed by atoms with van der Waals surface area (Å²) in [5, 5.41) is 38.4. The van der Waals surface area contributed by atoms with Crippen LogP contribution in [-0.2, 0) is 85.6 Å². The van der Waals surface area contributed by atoms with E-state index in [1.165, 1.54) is 19.2 Å². The summed E-state index contributed by atoms with van der Waals surface area (Å²) in [4.78, 5) is 157. The van der Waals surface area contributed by atoms with Gasteiger partial charge in [-0.1, -0.05) is 61.0 Å². The number of phenolic OH excluding ortho intramolecular Hbond substituents is 1. The van der Waals surface area contributed by atoms with E-state index in [9.17, 15) is 57.8 Å². The third-order valence-corrected chi connectivity index (χ3v) is 18.8. The Morgan fingerprint density at radius 1 is 0.624 bits per heavy atom. The minimum atomic E-state index is -4.00. The van der Waals surface area contributed by atoms with Gasteiger partial charge in [0.25, 0.3) is 0 Å². The zero-order valence-corrected chi connectivity index (χ0v) is 54.8. The number of amidine groups is 1. The second kappa shape index (κ2) is 37.5. The molecule has 11 N–H and O–H groups in total. The average Bonchev–Trinajstić information content (AvgIpc) is 2.55. The Balaban J connectivity index is 0.869.